The van der Waals surface area contributed by atoms with Crippen LogP contribution in [0.15, 0.2) is 0 Å². The SMILES string of the molecule is CCN1CC2OC(C)(C)OC2C1=O. The summed E-state index contributed by atoms with van der Waals surface area (Å²) in [6, 6.07) is 0. The fraction of sp³-hybridized carbons (Fsp3) is 0.889. The molecule has 2 unspecified atom stereocenters. The quantitative estimate of drug-likeness (QED) is 0.592. The molecule has 0 aliphatic carbocycles. The zero-order valence-corrected chi connectivity index (χ0v) is 8.24. The molecule has 0 aromatic heterocycles. The molecular weight excluding hydrogens is 170 g/mol. The topological polar surface area (TPSA) is 38.8 Å². The van der Waals surface area contributed by atoms with E-state index in [1.54, 1.807) is 4.90 Å². The Kier molecular flexibility index (Phi) is 1.85. The van der Waals surface area contributed by atoms with Crippen LogP contribution in [0.3, 0.4) is 0 Å². The second-order valence-corrected chi connectivity index (χ2v) is 3.97. The first-order valence-corrected chi connectivity index (χ1v) is 4.68. The zero-order valence-electron chi connectivity index (χ0n) is 8.24. The van der Waals surface area contributed by atoms with E-state index in [4.69, 9.17) is 9.47 Å². The van der Waals surface area contributed by atoms with E-state index in [0.29, 0.717) is 6.54 Å². The minimum atomic E-state index is -0.592. The summed E-state index contributed by atoms with van der Waals surface area (Å²) in [5.41, 5.74) is 0. The first kappa shape index (κ1) is 8.97. The molecule has 2 heterocycles. The molecule has 0 radical (unpaired) electrons. The van der Waals surface area contributed by atoms with E-state index in [9.17, 15) is 4.79 Å². The highest BCUT2D eigenvalue weighted by atomic mass is 16.8. The van der Waals surface area contributed by atoms with Gasteiger partial charge in [-0.1, -0.05) is 0 Å². The van der Waals surface area contributed by atoms with Crippen LogP contribution >= 0.6 is 0 Å². The summed E-state index contributed by atoms with van der Waals surface area (Å²) >= 11 is 0. The maximum atomic E-state index is 11.6. The summed E-state index contributed by atoms with van der Waals surface area (Å²) in [6.45, 7) is 7.05. The standard InChI is InChI=1S/C9H15NO3/c1-4-10-5-6-7(8(10)11)13-9(2,3)12-6/h6-7H,4-5H2,1-3H3. The monoisotopic (exact) mass is 185 g/mol. The summed E-state index contributed by atoms with van der Waals surface area (Å²) in [5, 5.41) is 0. The van der Waals surface area contributed by atoms with Gasteiger partial charge in [0.25, 0.3) is 5.91 Å². The molecule has 1 amide bonds. The molecule has 13 heavy (non-hydrogen) atoms. The largest absolute Gasteiger partial charge is 0.342 e. The summed E-state index contributed by atoms with van der Waals surface area (Å²) in [6.07, 6.45) is -0.433. The van der Waals surface area contributed by atoms with Crippen molar-refractivity contribution in [3.8, 4) is 0 Å². The van der Waals surface area contributed by atoms with Crippen molar-refractivity contribution in [3.63, 3.8) is 0 Å². The van der Waals surface area contributed by atoms with E-state index in [-0.39, 0.29) is 18.1 Å². The van der Waals surface area contributed by atoms with Gasteiger partial charge < -0.3 is 14.4 Å². The molecule has 2 aliphatic heterocycles. The Morgan fingerprint density at radius 1 is 1.54 bits per heavy atom. The number of carbonyl (C=O) groups is 1. The van der Waals surface area contributed by atoms with Crippen molar-refractivity contribution in [2.24, 2.45) is 0 Å². The molecule has 2 aliphatic rings. The number of likely N-dealkylation sites (N-methyl/N-ethyl adjacent to an activating group) is 1. The minimum absolute atomic E-state index is 0.0672. The van der Waals surface area contributed by atoms with Gasteiger partial charge in [-0.2, -0.15) is 0 Å². The van der Waals surface area contributed by atoms with Gasteiger partial charge in [0.1, 0.15) is 6.10 Å². The predicted molar refractivity (Wildman–Crippen MR) is 46.1 cm³/mol. The molecule has 0 saturated carbocycles. The molecule has 0 bridgehead atoms. The molecule has 2 rings (SSSR count). The lowest BCUT2D eigenvalue weighted by atomic mass is 10.3. The average Bonchev–Trinajstić information content (AvgIpc) is 2.47. The minimum Gasteiger partial charge on any atom is -0.342 e. The van der Waals surface area contributed by atoms with Crippen molar-refractivity contribution in [1.82, 2.24) is 4.90 Å². The second-order valence-electron chi connectivity index (χ2n) is 3.97. The van der Waals surface area contributed by atoms with Crippen LogP contribution in [-0.2, 0) is 14.3 Å². The second kappa shape index (κ2) is 2.69. The van der Waals surface area contributed by atoms with Crippen LogP contribution in [0.25, 0.3) is 0 Å². The molecule has 2 saturated heterocycles. The Morgan fingerprint density at radius 2 is 2.23 bits per heavy atom. The molecule has 0 aromatic carbocycles. The van der Waals surface area contributed by atoms with Crippen molar-refractivity contribution in [1.29, 1.82) is 0 Å². The average molecular weight is 185 g/mol. The maximum absolute atomic E-state index is 11.6. The third-order valence-electron chi connectivity index (χ3n) is 2.52. The Morgan fingerprint density at radius 3 is 2.77 bits per heavy atom. The van der Waals surface area contributed by atoms with Crippen molar-refractivity contribution in [2.45, 2.75) is 38.8 Å². The van der Waals surface area contributed by atoms with Crippen molar-refractivity contribution < 1.29 is 14.3 Å². The van der Waals surface area contributed by atoms with Gasteiger partial charge in [-0.3, -0.25) is 4.79 Å². The summed E-state index contributed by atoms with van der Waals surface area (Å²) < 4.78 is 11.1. The van der Waals surface area contributed by atoms with Gasteiger partial charge in [0.15, 0.2) is 11.9 Å². The summed E-state index contributed by atoms with van der Waals surface area (Å²) in [4.78, 5) is 13.4. The third-order valence-corrected chi connectivity index (χ3v) is 2.52. The lowest BCUT2D eigenvalue weighted by Gasteiger charge is -2.21. The number of likely N-dealkylation sites (tertiary alicyclic amines) is 1. The first-order chi connectivity index (χ1) is 6.03. The molecular formula is C9H15NO3. The van der Waals surface area contributed by atoms with Gasteiger partial charge >= 0.3 is 0 Å². The van der Waals surface area contributed by atoms with Gasteiger partial charge in [0.2, 0.25) is 0 Å². The number of carbonyl (C=O) groups excluding carboxylic acids is 1. The van der Waals surface area contributed by atoms with E-state index in [2.05, 4.69) is 0 Å². The van der Waals surface area contributed by atoms with E-state index >= 15 is 0 Å². The van der Waals surface area contributed by atoms with Gasteiger partial charge in [-0.05, 0) is 20.8 Å². The number of rotatable bonds is 1. The summed E-state index contributed by atoms with van der Waals surface area (Å²) in [7, 11) is 0. The predicted octanol–water partition coefficient (Wildman–Crippen LogP) is 0.369. The Labute approximate surface area is 77.8 Å². The summed E-state index contributed by atoms with van der Waals surface area (Å²) in [5.74, 6) is -0.525. The Hall–Kier alpha value is -0.610. The normalized spacial score (nSPS) is 36.8. The maximum Gasteiger partial charge on any atom is 0.254 e. The molecule has 2 atom stereocenters. The van der Waals surface area contributed by atoms with E-state index in [1.165, 1.54) is 0 Å². The number of nitrogens with zero attached hydrogens (tertiary/aromatic N) is 1. The molecule has 74 valence electrons. The van der Waals surface area contributed by atoms with Gasteiger partial charge in [-0.25, -0.2) is 0 Å². The van der Waals surface area contributed by atoms with E-state index < -0.39 is 5.79 Å². The van der Waals surface area contributed by atoms with Crippen molar-refractivity contribution in [3.05, 3.63) is 0 Å². The Balaban J connectivity index is 2.11. The van der Waals surface area contributed by atoms with Crippen LogP contribution < -0.4 is 0 Å². The van der Waals surface area contributed by atoms with E-state index in [1.807, 2.05) is 20.8 Å². The van der Waals surface area contributed by atoms with E-state index in [0.717, 1.165) is 6.54 Å². The van der Waals surface area contributed by atoms with Crippen LogP contribution in [0, 0.1) is 0 Å². The highest BCUT2D eigenvalue weighted by Gasteiger charge is 2.51. The van der Waals surface area contributed by atoms with Crippen LogP contribution in [0.2, 0.25) is 0 Å². The molecule has 0 spiro atoms. The molecule has 0 aromatic rings. The van der Waals surface area contributed by atoms with Gasteiger partial charge in [0.05, 0.1) is 6.54 Å². The van der Waals surface area contributed by atoms with Crippen LogP contribution in [0.4, 0.5) is 0 Å². The zero-order chi connectivity index (χ0) is 9.64. The number of amides is 1. The van der Waals surface area contributed by atoms with Gasteiger partial charge in [-0.15, -0.1) is 0 Å². The van der Waals surface area contributed by atoms with Crippen LogP contribution in [0.5, 0.6) is 0 Å². The van der Waals surface area contributed by atoms with Crippen LogP contribution in [0.1, 0.15) is 20.8 Å². The van der Waals surface area contributed by atoms with Crippen LogP contribution in [-0.4, -0.2) is 41.9 Å². The number of hydrogen-bond donors (Lipinski definition) is 0. The fourth-order valence-corrected chi connectivity index (χ4v) is 1.95. The lowest BCUT2D eigenvalue weighted by molar-refractivity contribution is -0.168. The Bertz CT molecular complexity index is 239. The number of fused-ring (bicyclic) bond motifs is 1. The molecule has 4 heteroatoms. The lowest BCUT2D eigenvalue weighted by Crippen LogP contribution is -2.34. The molecule has 0 N–H and O–H groups in total. The first-order valence-electron chi connectivity index (χ1n) is 4.68. The molecule has 2 fully saturated rings. The van der Waals surface area contributed by atoms with Crippen molar-refractivity contribution >= 4 is 5.91 Å². The highest BCUT2D eigenvalue weighted by molar-refractivity contribution is 5.84. The van der Waals surface area contributed by atoms with Gasteiger partial charge in [0, 0.05) is 6.54 Å². The smallest absolute Gasteiger partial charge is 0.254 e. The third kappa shape index (κ3) is 1.34. The number of hydrogen-bond acceptors (Lipinski definition) is 3. The molecule has 4 nitrogen and oxygen atoms in total. The number of ether oxygens (including phenoxy) is 2. The fourth-order valence-electron chi connectivity index (χ4n) is 1.95. The highest BCUT2D eigenvalue weighted by Crippen LogP contribution is 2.33. The van der Waals surface area contributed by atoms with Crippen molar-refractivity contribution in [2.75, 3.05) is 13.1 Å².